The number of epoxide rings is 1. The van der Waals surface area contributed by atoms with Crippen LogP contribution in [0.1, 0.15) is 72.6 Å². The molecule has 0 bridgehead atoms. The minimum Gasteiger partial charge on any atom is -0.389 e. The summed E-state index contributed by atoms with van der Waals surface area (Å²) in [6.45, 7) is 8.29. The Hall–Kier alpha value is -2.86. The van der Waals surface area contributed by atoms with Crippen LogP contribution in [0.25, 0.3) is 0 Å². The van der Waals surface area contributed by atoms with Crippen molar-refractivity contribution in [2.75, 3.05) is 6.61 Å². The molecule has 4 aliphatic heterocycles. The van der Waals surface area contributed by atoms with E-state index < -0.39 is 30.0 Å². The summed E-state index contributed by atoms with van der Waals surface area (Å²) < 4.78 is 18.1. The number of hydrogen-bond donors (Lipinski definition) is 2. The number of aliphatic hydroxyl groups excluding tert-OH is 1. The average Bonchev–Trinajstić information content (AvgIpc) is 3.57. The van der Waals surface area contributed by atoms with Crippen molar-refractivity contribution < 1.29 is 43.3 Å². The minimum absolute atomic E-state index is 0.0216. The zero-order valence-corrected chi connectivity index (χ0v) is 24.2. The lowest BCUT2D eigenvalue weighted by molar-refractivity contribution is -0.200. The maximum atomic E-state index is 12.4. The molecule has 11 heteroatoms. The van der Waals surface area contributed by atoms with Gasteiger partial charge in [-0.25, -0.2) is 4.79 Å². The standard InChI is InChI=1S/C30H42N2O9/c1-18(6-9-25-19(2)13-24(21(4)39-25)31-26(34)10-7-20(3)33)5-8-22-15-30(17-38-30)16-23(40-22)14-29(37)41-32-27(35)11-12-28(32)36/h5-8,10,19-25,33H,9,11-17H2,1-4H3,(H,31,34)/t19-,20-,21+,22+,23+,24+,25-,30+/m0/s1. The van der Waals surface area contributed by atoms with Gasteiger partial charge in [0, 0.05) is 31.8 Å². The lowest BCUT2D eigenvalue weighted by atomic mass is 9.88. The Labute approximate surface area is 240 Å². The Morgan fingerprint density at radius 3 is 2.54 bits per heavy atom. The first-order valence-electron chi connectivity index (χ1n) is 14.5. The van der Waals surface area contributed by atoms with Crippen LogP contribution < -0.4 is 5.32 Å². The SMILES string of the molecule is CC(C=C[C@@H]1C[C@]2(CO2)C[C@@H](CC(=O)ON2C(=O)CCC2=O)O1)=CC[C@@H]1O[C@H](C)[C@H](NC(=O)C=C[C@H](C)O)C[C@@H]1C. The summed E-state index contributed by atoms with van der Waals surface area (Å²) in [7, 11) is 0. The van der Waals surface area contributed by atoms with Crippen LogP contribution in [0.15, 0.2) is 36.0 Å². The molecule has 4 heterocycles. The zero-order valence-electron chi connectivity index (χ0n) is 24.2. The number of ether oxygens (including phenoxy) is 3. The van der Waals surface area contributed by atoms with Gasteiger partial charge in [-0.3, -0.25) is 14.4 Å². The fraction of sp³-hybridized carbons (Fsp3) is 0.667. The minimum atomic E-state index is -0.677. The predicted octanol–water partition coefficient (Wildman–Crippen LogP) is 2.43. The van der Waals surface area contributed by atoms with E-state index >= 15 is 0 Å². The van der Waals surface area contributed by atoms with Gasteiger partial charge in [0.15, 0.2) is 0 Å². The number of allylic oxidation sites excluding steroid dienone is 2. The van der Waals surface area contributed by atoms with Crippen LogP contribution in [0, 0.1) is 5.92 Å². The summed E-state index contributed by atoms with van der Waals surface area (Å²) in [5, 5.41) is 12.9. The molecule has 4 aliphatic rings. The van der Waals surface area contributed by atoms with Gasteiger partial charge in [-0.1, -0.05) is 36.8 Å². The molecule has 11 nitrogen and oxygen atoms in total. The molecule has 0 radical (unpaired) electrons. The van der Waals surface area contributed by atoms with E-state index in [0.717, 1.165) is 18.4 Å². The van der Waals surface area contributed by atoms with Gasteiger partial charge >= 0.3 is 5.97 Å². The molecule has 226 valence electrons. The monoisotopic (exact) mass is 574 g/mol. The second-order valence-corrected chi connectivity index (χ2v) is 11.8. The van der Waals surface area contributed by atoms with Crippen LogP contribution in [0.2, 0.25) is 0 Å². The summed E-state index contributed by atoms with van der Waals surface area (Å²) >= 11 is 0. The number of hydroxylamine groups is 2. The second-order valence-electron chi connectivity index (χ2n) is 11.8. The van der Waals surface area contributed by atoms with Crippen molar-refractivity contribution in [2.24, 2.45) is 5.92 Å². The summed E-state index contributed by atoms with van der Waals surface area (Å²) in [4.78, 5) is 53.0. The number of amides is 3. The largest absolute Gasteiger partial charge is 0.389 e. The normalized spacial score (nSPS) is 35.0. The number of imide groups is 1. The van der Waals surface area contributed by atoms with E-state index in [-0.39, 0.29) is 61.0 Å². The van der Waals surface area contributed by atoms with E-state index in [0.29, 0.717) is 24.5 Å². The summed E-state index contributed by atoms with van der Waals surface area (Å²) in [6.07, 6.45) is 10.2. The molecular weight excluding hydrogens is 532 g/mol. The van der Waals surface area contributed by atoms with Crippen LogP contribution in [-0.4, -0.2) is 82.6 Å². The van der Waals surface area contributed by atoms with Crippen molar-refractivity contribution in [3.8, 4) is 0 Å². The predicted molar refractivity (Wildman–Crippen MR) is 147 cm³/mol. The maximum absolute atomic E-state index is 12.4. The highest BCUT2D eigenvalue weighted by molar-refractivity contribution is 6.01. The number of aliphatic hydroxyl groups is 1. The molecular formula is C30H42N2O9. The Morgan fingerprint density at radius 2 is 1.88 bits per heavy atom. The summed E-state index contributed by atoms with van der Waals surface area (Å²) in [6, 6.07) is -0.0978. The smallest absolute Gasteiger partial charge is 0.335 e. The van der Waals surface area contributed by atoms with Gasteiger partial charge in [0.1, 0.15) is 0 Å². The van der Waals surface area contributed by atoms with Gasteiger partial charge < -0.3 is 29.5 Å². The Kier molecular flexibility index (Phi) is 10.2. The highest BCUT2D eigenvalue weighted by atomic mass is 16.7. The number of hydrogen-bond acceptors (Lipinski definition) is 9. The molecule has 2 N–H and O–H groups in total. The molecule has 1 spiro atoms. The number of carbonyl (C=O) groups excluding carboxylic acids is 4. The molecule has 4 fully saturated rings. The molecule has 0 aromatic rings. The first-order valence-corrected chi connectivity index (χ1v) is 14.5. The van der Waals surface area contributed by atoms with Gasteiger partial charge in [-0.05, 0) is 39.5 Å². The third kappa shape index (κ3) is 8.81. The molecule has 41 heavy (non-hydrogen) atoms. The third-order valence-corrected chi connectivity index (χ3v) is 8.00. The molecule has 0 unspecified atom stereocenters. The Bertz CT molecular complexity index is 1080. The van der Waals surface area contributed by atoms with Crippen molar-refractivity contribution in [1.29, 1.82) is 0 Å². The Balaban J connectivity index is 1.25. The van der Waals surface area contributed by atoms with Gasteiger partial charge in [-0.15, -0.1) is 5.06 Å². The number of carbonyl (C=O) groups is 4. The molecule has 4 saturated heterocycles. The lowest BCUT2D eigenvalue weighted by Crippen LogP contribution is -2.50. The van der Waals surface area contributed by atoms with Gasteiger partial charge in [0.25, 0.3) is 11.8 Å². The van der Waals surface area contributed by atoms with E-state index in [4.69, 9.17) is 19.0 Å². The van der Waals surface area contributed by atoms with Crippen LogP contribution in [0.3, 0.4) is 0 Å². The number of rotatable bonds is 10. The molecule has 4 rings (SSSR count). The highest BCUT2D eigenvalue weighted by Gasteiger charge is 2.51. The number of nitrogens with zero attached hydrogens (tertiary/aromatic N) is 1. The van der Waals surface area contributed by atoms with Crippen LogP contribution in [-0.2, 0) is 38.2 Å². The second kappa shape index (κ2) is 13.4. The van der Waals surface area contributed by atoms with Crippen molar-refractivity contribution in [3.05, 3.63) is 36.0 Å². The number of nitrogens with one attached hydrogen (secondary N) is 1. The molecule has 8 atom stereocenters. The molecule has 0 aliphatic carbocycles. The van der Waals surface area contributed by atoms with Crippen molar-refractivity contribution in [3.63, 3.8) is 0 Å². The topological polar surface area (TPSA) is 144 Å². The fourth-order valence-electron chi connectivity index (χ4n) is 5.56. The van der Waals surface area contributed by atoms with Gasteiger partial charge in [0.05, 0.1) is 55.2 Å². The van der Waals surface area contributed by atoms with Crippen molar-refractivity contribution >= 4 is 23.7 Å². The van der Waals surface area contributed by atoms with Crippen molar-refractivity contribution in [1.82, 2.24) is 10.4 Å². The van der Waals surface area contributed by atoms with Gasteiger partial charge in [-0.2, -0.15) is 0 Å². The molecule has 0 aromatic heterocycles. The first kappa shape index (κ1) is 31.1. The summed E-state index contributed by atoms with van der Waals surface area (Å²) in [5.41, 5.74) is 0.739. The van der Waals surface area contributed by atoms with Crippen molar-refractivity contribution in [2.45, 2.75) is 115 Å². The lowest BCUT2D eigenvalue weighted by Gasteiger charge is -2.39. The van der Waals surface area contributed by atoms with E-state index in [2.05, 4.69) is 18.3 Å². The molecule has 0 aromatic carbocycles. The first-order chi connectivity index (χ1) is 19.4. The van der Waals surface area contributed by atoms with E-state index in [1.165, 1.54) is 12.2 Å². The van der Waals surface area contributed by atoms with Gasteiger partial charge in [0.2, 0.25) is 5.91 Å². The van der Waals surface area contributed by atoms with Crippen LogP contribution in [0.4, 0.5) is 0 Å². The Morgan fingerprint density at radius 1 is 1.17 bits per heavy atom. The fourth-order valence-corrected chi connectivity index (χ4v) is 5.56. The molecule has 0 saturated carbocycles. The molecule has 3 amide bonds. The van der Waals surface area contributed by atoms with E-state index in [1.807, 2.05) is 26.0 Å². The maximum Gasteiger partial charge on any atom is 0.335 e. The third-order valence-electron chi connectivity index (χ3n) is 8.00. The zero-order chi connectivity index (χ0) is 29.7. The highest BCUT2D eigenvalue weighted by Crippen LogP contribution is 2.43. The van der Waals surface area contributed by atoms with Crippen LogP contribution >= 0.6 is 0 Å². The van der Waals surface area contributed by atoms with E-state index in [1.54, 1.807) is 6.92 Å². The average molecular weight is 575 g/mol. The summed E-state index contributed by atoms with van der Waals surface area (Å²) in [5.74, 6) is -1.69. The van der Waals surface area contributed by atoms with Crippen LogP contribution in [0.5, 0.6) is 0 Å². The quantitative estimate of drug-likeness (QED) is 0.174. The van der Waals surface area contributed by atoms with E-state index in [9.17, 15) is 24.3 Å².